The number of nitrogens with zero attached hydrogens (tertiary/aromatic N) is 4. The topological polar surface area (TPSA) is 141 Å². The van der Waals surface area contributed by atoms with Gasteiger partial charge in [0.05, 0.1) is 17.6 Å². The Morgan fingerprint density at radius 2 is 1.23 bits per heavy atom. The maximum atomic E-state index is 9.01. The van der Waals surface area contributed by atoms with Crippen LogP contribution in [-0.4, -0.2) is 35.0 Å². The summed E-state index contributed by atoms with van der Waals surface area (Å²) in [4.78, 5) is 25.5. The monoisotopic (exact) mass is 782 g/mol. The summed E-state index contributed by atoms with van der Waals surface area (Å²) in [6.45, 7) is 1.32. The van der Waals surface area contributed by atoms with Gasteiger partial charge in [-0.05, 0) is 116 Å². The molecule has 10 nitrogen and oxygen atoms in total. The Labute approximate surface area is 296 Å². The lowest BCUT2D eigenvalue weighted by molar-refractivity contribution is 0.244. The molecular weight excluding hydrogens is 756 g/mol. The molecule has 6 aromatic heterocycles. The number of hydrogen-bond donors (Lipinski definition) is 5. The van der Waals surface area contributed by atoms with Crippen molar-refractivity contribution in [3.63, 3.8) is 0 Å². The molecule has 0 spiro atoms. The Balaban J connectivity index is 0.000000152. The Bertz CT molecular complexity index is 2260. The number of anilines is 2. The quantitative estimate of drug-likeness (QED) is 0.0977. The van der Waals surface area contributed by atoms with Gasteiger partial charge in [0, 0.05) is 55.3 Å². The molecule has 13 heteroatoms. The first-order valence-corrected chi connectivity index (χ1v) is 17.4. The van der Waals surface area contributed by atoms with Crippen LogP contribution in [0.3, 0.4) is 0 Å². The first-order valence-electron chi connectivity index (χ1n) is 14.9. The summed E-state index contributed by atoms with van der Waals surface area (Å²) in [6, 6.07) is 28.0. The first kappa shape index (κ1) is 31.8. The minimum absolute atomic E-state index is 0.0857. The number of furan rings is 1. The molecule has 0 bridgehead atoms. The minimum Gasteiger partial charge on any atom is -0.462 e. The van der Waals surface area contributed by atoms with Gasteiger partial charge >= 0.3 is 0 Å². The third-order valence-electron chi connectivity index (χ3n) is 7.31. The molecule has 0 atom stereocenters. The van der Waals surface area contributed by atoms with E-state index >= 15 is 0 Å². The molecular formula is C35H28Br2N8O2S. The average Bonchev–Trinajstić information content (AvgIpc) is 3.94. The van der Waals surface area contributed by atoms with Crippen LogP contribution < -0.4 is 10.6 Å². The number of aromatic nitrogens is 6. The van der Waals surface area contributed by atoms with E-state index in [2.05, 4.69) is 114 Å². The van der Waals surface area contributed by atoms with Gasteiger partial charge in [-0.1, -0.05) is 6.07 Å². The van der Waals surface area contributed by atoms with E-state index in [9.17, 15) is 0 Å². The summed E-state index contributed by atoms with van der Waals surface area (Å²) in [5.41, 5.74) is 7.34. The van der Waals surface area contributed by atoms with Crippen LogP contribution in [-0.2, 0) is 19.7 Å². The zero-order valence-electron chi connectivity index (χ0n) is 25.2. The molecule has 2 aromatic carbocycles. The maximum Gasteiger partial charge on any atom is 0.178 e. The van der Waals surface area contributed by atoms with Crippen molar-refractivity contribution in [2.24, 2.45) is 0 Å². The van der Waals surface area contributed by atoms with Crippen LogP contribution >= 0.6 is 43.2 Å². The highest BCUT2D eigenvalue weighted by Crippen LogP contribution is 2.25. The molecule has 0 unspecified atom stereocenters. The van der Waals surface area contributed by atoms with Crippen LogP contribution in [0.4, 0.5) is 11.4 Å². The van der Waals surface area contributed by atoms with Crippen molar-refractivity contribution in [2.45, 2.75) is 19.7 Å². The van der Waals surface area contributed by atoms with Crippen molar-refractivity contribution in [3.05, 3.63) is 128 Å². The number of rotatable bonds is 9. The fraction of sp³-hybridized carbons (Fsp3) is 0.0857. The van der Waals surface area contributed by atoms with Crippen LogP contribution in [0.15, 0.2) is 116 Å². The second kappa shape index (κ2) is 14.5. The lowest BCUT2D eigenvalue weighted by atomic mass is 10.2. The lowest BCUT2D eigenvalue weighted by Crippen LogP contribution is -1.97. The molecule has 8 rings (SSSR count). The summed E-state index contributed by atoms with van der Waals surface area (Å²) in [7, 11) is 0. The van der Waals surface area contributed by atoms with Gasteiger partial charge in [0.2, 0.25) is 0 Å². The van der Waals surface area contributed by atoms with Crippen LogP contribution in [0, 0.1) is 0 Å². The number of halogens is 2. The Hall–Kier alpha value is -4.82. The third kappa shape index (κ3) is 7.66. The standard InChI is InChI=1S/C18H15BrN4O2.C17H13BrN4S/c19-12-7-16-18(21-8-12)23-17(22-16)11-1-3-13(4-2-11)20-9-14-5-6-15(10-24)25-14;18-12-8-15-17(20-9-12)22-16(21-15)11-3-5-13(6-4-11)19-10-14-2-1-7-23-14/h1-8,20,24H,9-10H2,(H,21,22,23);1-9,19H,10H2,(H,20,21,22). The SMILES string of the molecule is Brc1cnc2nc(-c3ccc(NCc4cccs4)cc3)[nH]c2c1.OCc1ccc(CNc2ccc(-c3nc4ncc(Br)cc4[nH]3)cc2)o1. The summed E-state index contributed by atoms with van der Waals surface area (Å²) < 4.78 is 7.30. The Morgan fingerprint density at radius 1 is 0.688 bits per heavy atom. The van der Waals surface area contributed by atoms with E-state index in [0.29, 0.717) is 18.0 Å². The molecule has 0 saturated heterocycles. The van der Waals surface area contributed by atoms with Gasteiger partial charge in [0.25, 0.3) is 0 Å². The van der Waals surface area contributed by atoms with E-state index in [1.165, 1.54) is 4.88 Å². The van der Waals surface area contributed by atoms with Crippen molar-refractivity contribution < 1.29 is 9.52 Å². The number of aliphatic hydroxyl groups is 1. The highest BCUT2D eigenvalue weighted by Gasteiger charge is 2.09. The largest absolute Gasteiger partial charge is 0.462 e. The number of benzene rings is 2. The predicted octanol–water partition coefficient (Wildman–Crippen LogP) is 9.15. The molecule has 8 aromatic rings. The van der Waals surface area contributed by atoms with Gasteiger partial charge in [-0.25, -0.2) is 19.9 Å². The van der Waals surface area contributed by atoms with Crippen molar-refractivity contribution in [3.8, 4) is 22.8 Å². The highest BCUT2D eigenvalue weighted by atomic mass is 79.9. The third-order valence-corrected chi connectivity index (χ3v) is 9.06. The van der Waals surface area contributed by atoms with E-state index in [1.807, 2.05) is 42.5 Å². The van der Waals surface area contributed by atoms with Crippen LogP contribution in [0.25, 0.3) is 45.1 Å². The van der Waals surface area contributed by atoms with Gasteiger partial charge in [0.1, 0.15) is 29.8 Å². The van der Waals surface area contributed by atoms with E-state index in [0.717, 1.165) is 72.1 Å². The Kier molecular flexibility index (Phi) is 9.61. The second-order valence-corrected chi connectivity index (χ2v) is 13.6. The highest BCUT2D eigenvalue weighted by molar-refractivity contribution is 9.10. The summed E-state index contributed by atoms with van der Waals surface area (Å²) in [5.74, 6) is 2.96. The fourth-order valence-electron chi connectivity index (χ4n) is 4.91. The number of nitrogens with one attached hydrogen (secondary N) is 4. The fourth-order valence-corrected chi connectivity index (χ4v) is 6.22. The molecule has 0 radical (unpaired) electrons. The number of imidazole rings is 2. The number of pyridine rings is 2. The van der Waals surface area contributed by atoms with Crippen molar-refractivity contribution in [1.82, 2.24) is 29.9 Å². The molecule has 0 aliphatic rings. The average molecular weight is 785 g/mol. The van der Waals surface area contributed by atoms with Crippen molar-refractivity contribution in [2.75, 3.05) is 10.6 Å². The molecule has 48 heavy (non-hydrogen) atoms. The van der Waals surface area contributed by atoms with Crippen LogP contribution in [0.2, 0.25) is 0 Å². The van der Waals surface area contributed by atoms with E-state index < -0.39 is 0 Å². The lowest BCUT2D eigenvalue weighted by Gasteiger charge is -2.05. The number of aromatic amines is 2. The van der Waals surface area contributed by atoms with Gasteiger partial charge in [-0.2, -0.15) is 0 Å². The molecule has 0 fully saturated rings. The van der Waals surface area contributed by atoms with Gasteiger partial charge < -0.3 is 30.1 Å². The smallest absolute Gasteiger partial charge is 0.178 e. The second-order valence-electron chi connectivity index (χ2n) is 10.7. The zero-order valence-corrected chi connectivity index (χ0v) is 29.2. The number of hydrogen-bond acceptors (Lipinski definition) is 9. The Morgan fingerprint density at radius 3 is 1.73 bits per heavy atom. The molecule has 0 saturated carbocycles. The van der Waals surface area contributed by atoms with Crippen LogP contribution in [0.5, 0.6) is 0 Å². The predicted molar refractivity (Wildman–Crippen MR) is 198 cm³/mol. The first-order chi connectivity index (χ1) is 23.5. The summed E-state index contributed by atoms with van der Waals surface area (Å²) in [6.07, 6.45) is 3.49. The summed E-state index contributed by atoms with van der Waals surface area (Å²) >= 11 is 8.59. The molecule has 6 heterocycles. The molecule has 0 amide bonds. The molecule has 5 N–H and O–H groups in total. The van der Waals surface area contributed by atoms with Crippen LogP contribution in [0.1, 0.15) is 16.4 Å². The number of aliphatic hydroxyl groups excluding tert-OH is 1. The number of thiophene rings is 1. The van der Waals surface area contributed by atoms with Gasteiger partial charge in [0.15, 0.2) is 11.3 Å². The van der Waals surface area contributed by atoms with Gasteiger partial charge in [-0.3, -0.25) is 0 Å². The molecule has 0 aliphatic heterocycles. The number of fused-ring (bicyclic) bond motifs is 2. The zero-order chi connectivity index (χ0) is 32.9. The van der Waals surface area contributed by atoms with E-state index in [1.54, 1.807) is 29.8 Å². The van der Waals surface area contributed by atoms with Gasteiger partial charge in [-0.15, -0.1) is 11.3 Å². The van der Waals surface area contributed by atoms with E-state index in [4.69, 9.17) is 9.52 Å². The normalized spacial score (nSPS) is 11.1. The minimum atomic E-state index is -0.0857. The van der Waals surface area contributed by atoms with Crippen molar-refractivity contribution >= 4 is 76.9 Å². The number of H-pyrrole nitrogens is 2. The van der Waals surface area contributed by atoms with Crippen molar-refractivity contribution in [1.29, 1.82) is 0 Å². The molecule has 0 aliphatic carbocycles. The maximum absolute atomic E-state index is 9.01. The van der Waals surface area contributed by atoms with E-state index in [-0.39, 0.29) is 6.61 Å². The molecule has 240 valence electrons. The summed E-state index contributed by atoms with van der Waals surface area (Å²) in [5, 5.41) is 17.8.